The van der Waals surface area contributed by atoms with E-state index in [2.05, 4.69) is 15.2 Å². The summed E-state index contributed by atoms with van der Waals surface area (Å²) in [6.45, 7) is 3.32. The molecule has 1 fully saturated rings. The number of pyridine rings is 1. The summed E-state index contributed by atoms with van der Waals surface area (Å²) >= 11 is 0. The lowest BCUT2D eigenvalue weighted by Gasteiger charge is -2.40. The summed E-state index contributed by atoms with van der Waals surface area (Å²) in [5.41, 5.74) is 0.671. The minimum atomic E-state index is -0.456. The van der Waals surface area contributed by atoms with Crippen molar-refractivity contribution in [2.45, 2.75) is 12.6 Å². The number of piperazine rings is 1. The number of hydrogen-bond donors (Lipinski definition) is 1. The number of nitrogens with zero attached hydrogens (tertiary/aromatic N) is 3. The Morgan fingerprint density at radius 3 is 3.16 bits per heavy atom. The lowest BCUT2D eigenvalue weighted by molar-refractivity contribution is 0.240. The fourth-order valence-electron chi connectivity index (χ4n) is 3.08. The van der Waals surface area contributed by atoms with Crippen LogP contribution in [-0.4, -0.2) is 37.3 Å². The van der Waals surface area contributed by atoms with Gasteiger partial charge in [-0.1, -0.05) is 6.07 Å². The first kappa shape index (κ1) is 15.7. The Morgan fingerprint density at radius 2 is 2.32 bits per heavy atom. The summed E-state index contributed by atoms with van der Waals surface area (Å²) in [5.74, 6) is 1.48. The Labute approximate surface area is 144 Å². The Balaban J connectivity index is 1.52. The molecule has 0 amide bonds. The number of halogens is 1. The highest BCUT2D eigenvalue weighted by Crippen LogP contribution is 2.34. The number of hydrogen-bond acceptors (Lipinski definition) is 6. The Morgan fingerprint density at radius 1 is 1.40 bits per heavy atom. The third-order valence-corrected chi connectivity index (χ3v) is 4.42. The maximum absolute atomic E-state index is 13.9. The van der Waals surface area contributed by atoms with Crippen molar-refractivity contribution in [1.82, 2.24) is 10.3 Å². The van der Waals surface area contributed by atoms with Crippen LogP contribution in [0.25, 0.3) is 0 Å². The summed E-state index contributed by atoms with van der Waals surface area (Å²) in [5, 5.41) is 12.1. The molecule has 3 heterocycles. The molecule has 1 aromatic heterocycles. The molecule has 0 saturated carbocycles. The van der Waals surface area contributed by atoms with Gasteiger partial charge in [0.2, 0.25) is 5.88 Å². The van der Waals surface area contributed by atoms with E-state index >= 15 is 0 Å². The number of anilines is 1. The van der Waals surface area contributed by atoms with Crippen molar-refractivity contribution >= 4 is 5.82 Å². The maximum Gasteiger partial charge on any atom is 0.215 e. The van der Waals surface area contributed by atoms with Crippen LogP contribution in [0.2, 0.25) is 0 Å². The van der Waals surface area contributed by atoms with E-state index in [4.69, 9.17) is 14.7 Å². The van der Waals surface area contributed by atoms with Crippen molar-refractivity contribution in [2.75, 3.05) is 31.1 Å². The molecule has 128 valence electrons. The van der Waals surface area contributed by atoms with Crippen molar-refractivity contribution < 1.29 is 13.9 Å². The second kappa shape index (κ2) is 6.57. The standard InChI is InChI=1S/C18H17FN4O2/c19-15-7-12(8-20)1-2-13(15)10-25-17-4-3-16-18(22-17)23-6-5-21-9-14(23)11-24-16/h1-4,7,14,21H,5-6,9-11H2. The van der Waals surface area contributed by atoms with Crippen molar-refractivity contribution in [2.24, 2.45) is 0 Å². The molecule has 25 heavy (non-hydrogen) atoms. The van der Waals surface area contributed by atoms with Gasteiger partial charge in [-0.25, -0.2) is 4.39 Å². The van der Waals surface area contributed by atoms with Crippen molar-refractivity contribution in [3.05, 3.63) is 47.3 Å². The highest BCUT2D eigenvalue weighted by atomic mass is 19.1. The molecule has 0 aliphatic carbocycles. The summed E-state index contributed by atoms with van der Waals surface area (Å²) in [7, 11) is 0. The average Bonchev–Trinajstić information content (AvgIpc) is 2.66. The van der Waals surface area contributed by atoms with E-state index < -0.39 is 5.82 Å². The Kier molecular flexibility index (Phi) is 4.12. The molecule has 1 saturated heterocycles. The fraction of sp³-hybridized carbons (Fsp3) is 0.333. The van der Waals surface area contributed by atoms with Gasteiger partial charge < -0.3 is 19.7 Å². The van der Waals surface area contributed by atoms with Crippen LogP contribution in [0.1, 0.15) is 11.1 Å². The quantitative estimate of drug-likeness (QED) is 0.919. The molecule has 1 N–H and O–H groups in total. The van der Waals surface area contributed by atoms with E-state index in [1.165, 1.54) is 6.07 Å². The molecular weight excluding hydrogens is 323 g/mol. The molecule has 6 nitrogen and oxygen atoms in total. The summed E-state index contributed by atoms with van der Waals surface area (Å²) in [6.07, 6.45) is 0. The van der Waals surface area contributed by atoms with Crippen LogP contribution < -0.4 is 19.7 Å². The minimum absolute atomic E-state index is 0.0508. The largest absolute Gasteiger partial charge is 0.488 e. The molecule has 1 unspecified atom stereocenters. The van der Waals surface area contributed by atoms with Gasteiger partial charge in [-0.3, -0.25) is 0 Å². The minimum Gasteiger partial charge on any atom is -0.488 e. The third-order valence-electron chi connectivity index (χ3n) is 4.42. The zero-order valence-electron chi connectivity index (χ0n) is 13.5. The van der Waals surface area contributed by atoms with Crippen LogP contribution in [0.4, 0.5) is 10.2 Å². The molecule has 2 aliphatic rings. The summed E-state index contributed by atoms with van der Waals surface area (Å²) < 4.78 is 25.4. The van der Waals surface area contributed by atoms with E-state index in [1.807, 2.05) is 12.1 Å². The second-order valence-corrected chi connectivity index (χ2v) is 6.04. The molecule has 2 aliphatic heterocycles. The van der Waals surface area contributed by atoms with Gasteiger partial charge in [0, 0.05) is 31.3 Å². The van der Waals surface area contributed by atoms with Gasteiger partial charge in [-0.2, -0.15) is 10.2 Å². The Hall–Kier alpha value is -2.85. The van der Waals surface area contributed by atoms with Crippen LogP contribution in [0.3, 0.4) is 0 Å². The number of fused-ring (bicyclic) bond motifs is 3. The number of nitriles is 1. The van der Waals surface area contributed by atoms with Crippen LogP contribution in [0, 0.1) is 17.1 Å². The van der Waals surface area contributed by atoms with Crippen LogP contribution >= 0.6 is 0 Å². The topological polar surface area (TPSA) is 70.4 Å². The van der Waals surface area contributed by atoms with Crippen molar-refractivity contribution in [1.29, 1.82) is 5.26 Å². The molecular formula is C18H17FN4O2. The molecule has 1 atom stereocenters. The highest BCUT2D eigenvalue weighted by Gasteiger charge is 2.31. The maximum atomic E-state index is 13.9. The Bertz CT molecular complexity index is 836. The second-order valence-electron chi connectivity index (χ2n) is 6.04. The molecule has 4 rings (SSSR count). The van der Waals surface area contributed by atoms with Gasteiger partial charge in [0.05, 0.1) is 17.7 Å². The molecule has 0 bridgehead atoms. The monoisotopic (exact) mass is 340 g/mol. The van der Waals surface area contributed by atoms with Gasteiger partial charge in [-0.05, 0) is 18.2 Å². The number of nitrogens with one attached hydrogen (secondary N) is 1. The summed E-state index contributed by atoms with van der Waals surface area (Å²) in [6, 6.07) is 10.1. The van der Waals surface area contributed by atoms with Crippen LogP contribution in [0.5, 0.6) is 11.6 Å². The number of rotatable bonds is 3. The predicted octanol–water partition coefficient (Wildman–Crippen LogP) is 1.84. The number of benzene rings is 1. The average molecular weight is 340 g/mol. The smallest absolute Gasteiger partial charge is 0.215 e. The van der Waals surface area contributed by atoms with E-state index in [0.717, 1.165) is 31.2 Å². The van der Waals surface area contributed by atoms with Crippen LogP contribution in [0.15, 0.2) is 30.3 Å². The predicted molar refractivity (Wildman–Crippen MR) is 89.2 cm³/mol. The summed E-state index contributed by atoms with van der Waals surface area (Å²) in [4.78, 5) is 6.78. The third kappa shape index (κ3) is 3.08. The zero-order chi connectivity index (χ0) is 17.2. The normalized spacial score (nSPS) is 18.6. The fourth-order valence-corrected chi connectivity index (χ4v) is 3.08. The first-order valence-corrected chi connectivity index (χ1v) is 8.17. The van der Waals surface area contributed by atoms with E-state index in [1.54, 1.807) is 18.2 Å². The molecule has 0 radical (unpaired) electrons. The van der Waals surface area contributed by atoms with Gasteiger partial charge in [0.25, 0.3) is 0 Å². The van der Waals surface area contributed by atoms with Gasteiger partial charge >= 0.3 is 0 Å². The van der Waals surface area contributed by atoms with Gasteiger partial charge in [-0.15, -0.1) is 0 Å². The van der Waals surface area contributed by atoms with Crippen molar-refractivity contribution in [3.63, 3.8) is 0 Å². The molecule has 0 spiro atoms. The molecule has 2 aromatic rings. The number of ether oxygens (including phenoxy) is 2. The van der Waals surface area contributed by atoms with Crippen molar-refractivity contribution in [3.8, 4) is 17.7 Å². The number of aromatic nitrogens is 1. The molecule has 7 heteroatoms. The zero-order valence-corrected chi connectivity index (χ0v) is 13.5. The lowest BCUT2D eigenvalue weighted by atomic mass is 10.1. The van der Waals surface area contributed by atoms with Gasteiger partial charge in [0.15, 0.2) is 11.6 Å². The first-order valence-electron chi connectivity index (χ1n) is 8.17. The van der Waals surface area contributed by atoms with Gasteiger partial charge in [0.1, 0.15) is 19.0 Å². The van der Waals surface area contributed by atoms with E-state index in [0.29, 0.717) is 18.1 Å². The highest BCUT2D eigenvalue weighted by molar-refractivity contribution is 5.57. The van der Waals surface area contributed by atoms with E-state index in [9.17, 15) is 4.39 Å². The van der Waals surface area contributed by atoms with E-state index in [-0.39, 0.29) is 18.2 Å². The SMILES string of the molecule is N#Cc1ccc(COc2ccc3c(n2)N2CCNCC2CO3)c(F)c1. The first-order chi connectivity index (χ1) is 12.2. The van der Waals surface area contributed by atoms with Crippen LogP contribution in [-0.2, 0) is 6.61 Å². The lowest BCUT2D eigenvalue weighted by Crippen LogP contribution is -2.56. The molecule has 1 aromatic carbocycles.